The molecule has 0 atom stereocenters. The molecule has 0 bridgehead atoms. The second-order valence-electron chi connectivity index (χ2n) is 2.09. The molecule has 1 aromatic heterocycles. The van der Waals surface area contributed by atoms with Gasteiger partial charge in [-0.2, -0.15) is 0 Å². The third kappa shape index (κ3) is 0.911. The Morgan fingerprint density at radius 2 is 2.36 bits per heavy atom. The summed E-state index contributed by atoms with van der Waals surface area (Å²) in [5, 5.41) is 10.6. The quantitative estimate of drug-likeness (QED) is 0.693. The largest absolute Gasteiger partial charge is 0.421 e. The SMILES string of the molecule is C=C1Oc2csc(CO)c2O1. The van der Waals surface area contributed by atoms with Crippen LogP contribution in [0.1, 0.15) is 4.88 Å². The summed E-state index contributed by atoms with van der Waals surface area (Å²) in [5.41, 5.74) is 0. The van der Waals surface area contributed by atoms with Crippen molar-refractivity contribution in [1.29, 1.82) is 0 Å². The summed E-state index contributed by atoms with van der Waals surface area (Å²) in [6.07, 6.45) is 0. The Kier molecular flexibility index (Phi) is 1.37. The lowest BCUT2D eigenvalue weighted by atomic mass is 10.4. The van der Waals surface area contributed by atoms with Gasteiger partial charge in [0.15, 0.2) is 11.5 Å². The number of rotatable bonds is 1. The predicted octanol–water partition coefficient (Wildman–Crippen LogP) is 1.48. The molecule has 0 saturated heterocycles. The van der Waals surface area contributed by atoms with Gasteiger partial charge in [0.1, 0.15) is 0 Å². The lowest BCUT2D eigenvalue weighted by Crippen LogP contribution is -1.91. The van der Waals surface area contributed by atoms with Crippen LogP contribution in [-0.2, 0) is 6.61 Å². The van der Waals surface area contributed by atoms with Crippen LogP contribution in [0.15, 0.2) is 17.9 Å². The number of fused-ring (bicyclic) bond motifs is 1. The van der Waals surface area contributed by atoms with E-state index in [4.69, 9.17) is 14.6 Å². The topological polar surface area (TPSA) is 38.7 Å². The van der Waals surface area contributed by atoms with E-state index in [1.807, 2.05) is 0 Å². The highest BCUT2D eigenvalue weighted by Gasteiger charge is 2.22. The maximum absolute atomic E-state index is 8.82. The Balaban J connectivity index is 2.44. The van der Waals surface area contributed by atoms with Gasteiger partial charge in [0.05, 0.1) is 11.5 Å². The number of ether oxygens (including phenoxy) is 2. The Morgan fingerprint density at radius 1 is 1.55 bits per heavy atom. The highest BCUT2D eigenvalue weighted by molar-refractivity contribution is 7.10. The fraction of sp³-hybridized carbons (Fsp3) is 0.143. The van der Waals surface area contributed by atoms with Crippen LogP contribution in [0.5, 0.6) is 11.5 Å². The molecular formula is C7H6O3S. The summed E-state index contributed by atoms with van der Waals surface area (Å²) in [7, 11) is 0. The highest BCUT2D eigenvalue weighted by atomic mass is 32.1. The molecule has 0 aromatic carbocycles. The van der Waals surface area contributed by atoms with Crippen molar-refractivity contribution in [2.24, 2.45) is 0 Å². The summed E-state index contributed by atoms with van der Waals surface area (Å²) >= 11 is 1.41. The zero-order valence-corrected chi connectivity index (χ0v) is 6.48. The van der Waals surface area contributed by atoms with E-state index < -0.39 is 0 Å². The second-order valence-corrected chi connectivity index (χ2v) is 3.05. The van der Waals surface area contributed by atoms with E-state index in [2.05, 4.69) is 6.58 Å². The van der Waals surface area contributed by atoms with E-state index >= 15 is 0 Å². The van der Waals surface area contributed by atoms with Crippen LogP contribution in [0.3, 0.4) is 0 Å². The molecule has 3 nitrogen and oxygen atoms in total. The van der Waals surface area contributed by atoms with E-state index in [1.165, 1.54) is 11.3 Å². The molecule has 1 aliphatic heterocycles. The van der Waals surface area contributed by atoms with Crippen molar-refractivity contribution in [1.82, 2.24) is 0 Å². The first kappa shape index (κ1) is 6.69. The van der Waals surface area contributed by atoms with Gasteiger partial charge in [-0.3, -0.25) is 0 Å². The molecule has 0 spiro atoms. The van der Waals surface area contributed by atoms with Gasteiger partial charge in [-0.25, -0.2) is 0 Å². The van der Waals surface area contributed by atoms with Crippen LogP contribution >= 0.6 is 11.3 Å². The molecule has 4 heteroatoms. The van der Waals surface area contributed by atoms with Crippen LogP contribution in [-0.4, -0.2) is 5.11 Å². The van der Waals surface area contributed by atoms with Crippen molar-refractivity contribution in [3.63, 3.8) is 0 Å². The molecule has 2 rings (SSSR count). The standard InChI is InChI=1S/C7H6O3S/c1-4-9-5-3-11-6(2-8)7(5)10-4/h3,8H,1-2H2. The number of thiophene rings is 1. The van der Waals surface area contributed by atoms with E-state index in [0.29, 0.717) is 11.5 Å². The first-order valence-corrected chi connectivity index (χ1v) is 3.95. The number of aliphatic hydroxyl groups excluding tert-OH is 1. The van der Waals surface area contributed by atoms with Gasteiger partial charge in [-0.15, -0.1) is 11.3 Å². The van der Waals surface area contributed by atoms with Gasteiger partial charge in [-0.05, 0) is 6.58 Å². The fourth-order valence-corrected chi connectivity index (χ4v) is 1.64. The first-order chi connectivity index (χ1) is 5.31. The minimum atomic E-state index is -0.0172. The van der Waals surface area contributed by atoms with E-state index in [0.717, 1.165) is 4.88 Å². The highest BCUT2D eigenvalue weighted by Crippen LogP contribution is 2.43. The fourth-order valence-electron chi connectivity index (χ4n) is 0.913. The average molecular weight is 170 g/mol. The van der Waals surface area contributed by atoms with Crippen LogP contribution in [0.4, 0.5) is 0 Å². The lowest BCUT2D eigenvalue weighted by molar-refractivity contribution is 0.268. The molecule has 0 saturated carbocycles. The lowest BCUT2D eigenvalue weighted by Gasteiger charge is -1.94. The molecular weight excluding hydrogens is 164 g/mol. The van der Waals surface area contributed by atoms with E-state index in [9.17, 15) is 0 Å². The van der Waals surface area contributed by atoms with Crippen LogP contribution in [0.25, 0.3) is 0 Å². The number of hydrogen-bond donors (Lipinski definition) is 1. The predicted molar refractivity (Wildman–Crippen MR) is 40.6 cm³/mol. The van der Waals surface area contributed by atoms with Crippen molar-refractivity contribution < 1.29 is 14.6 Å². The van der Waals surface area contributed by atoms with Crippen molar-refractivity contribution >= 4 is 11.3 Å². The molecule has 0 radical (unpaired) electrons. The minimum Gasteiger partial charge on any atom is -0.421 e. The minimum absolute atomic E-state index is 0.0172. The van der Waals surface area contributed by atoms with Gasteiger partial charge in [0.25, 0.3) is 5.95 Å². The molecule has 0 unspecified atom stereocenters. The summed E-state index contributed by atoms with van der Waals surface area (Å²) < 4.78 is 10.2. The Hall–Kier alpha value is -1.00. The maximum Gasteiger partial charge on any atom is 0.282 e. The first-order valence-electron chi connectivity index (χ1n) is 3.07. The van der Waals surface area contributed by atoms with E-state index in [1.54, 1.807) is 5.38 Å². The van der Waals surface area contributed by atoms with Crippen LogP contribution in [0, 0.1) is 0 Å². The van der Waals surface area contributed by atoms with Crippen LogP contribution in [0.2, 0.25) is 0 Å². The summed E-state index contributed by atoms with van der Waals surface area (Å²) in [6.45, 7) is 3.48. The molecule has 58 valence electrons. The number of hydrogen-bond acceptors (Lipinski definition) is 4. The summed E-state index contributed by atoms with van der Waals surface area (Å²) in [6, 6.07) is 0. The third-order valence-electron chi connectivity index (χ3n) is 1.37. The molecule has 1 aromatic rings. The zero-order chi connectivity index (χ0) is 7.84. The molecule has 11 heavy (non-hydrogen) atoms. The maximum atomic E-state index is 8.82. The Labute approximate surface area is 67.5 Å². The number of aliphatic hydroxyl groups is 1. The van der Waals surface area contributed by atoms with Gasteiger partial charge in [0.2, 0.25) is 0 Å². The molecule has 1 aliphatic rings. The van der Waals surface area contributed by atoms with Gasteiger partial charge >= 0.3 is 0 Å². The molecule has 2 heterocycles. The molecule has 0 fully saturated rings. The van der Waals surface area contributed by atoms with Crippen LogP contribution < -0.4 is 9.47 Å². The smallest absolute Gasteiger partial charge is 0.282 e. The zero-order valence-electron chi connectivity index (χ0n) is 5.66. The molecule has 0 aliphatic carbocycles. The Bertz CT molecular complexity index is 303. The molecule has 0 amide bonds. The monoisotopic (exact) mass is 170 g/mol. The molecule has 1 N–H and O–H groups in total. The van der Waals surface area contributed by atoms with Crippen molar-refractivity contribution in [3.05, 3.63) is 22.8 Å². The average Bonchev–Trinajstić information content (AvgIpc) is 2.45. The normalized spacial score (nSPS) is 14.1. The van der Waals surface area contributed by atoms with Gasteiger partial charge < -0.3 is 14.6 Å². The van der Waals surface area contributed by atoms with E-state index in [-0.39, 0.29) is 12.6 Å². The van der Waals surface area contributed by atoms with Crippen molar-refractivity contribution in [2.45, 2.75) is 6.61 Å². The van der Waals surface area contributed by atoms with Gasteiger partial charge in [-0.1, -0.05) is 0 Å². The van der Waals surface area contributed by atoms with Crippen molar-refractivity contribution in [3.8, 4) is 11.5 Å². The Morgan fingerprint density at radius 3 is 3.09 bits per heavy atom. The summed E-state index contributed by atoms with van der Waals surface area (Å²) in [4.78, 5) is 0.777. The summed E-state index contributed by atoms with van der Waals surface area (Å²) in [5.74, 6) is 1.55. The van der Waals surface area contributed by atoms with Crippen molar-refractivity contribution in [2.75, 3.05) is 0 Å². The third-order valence-corrected chi connectivity index (χ3v) is 2.30. The van der Waals surface area contributed by atoms with Gasteiger partial charge in [0, 0.05) is 5.38 Å². The second kappa shape index (κ2) is 2.25.